The van der Waals surface area contributed by atoms with Crippen LogP contribution in [-0.2, 0) is 0 Å². The van der Waals surface area contributed by atoms with Crippen molar-refractivity contribution in [2.75, 3.05) is 12.3 Å². The van der Waals surface area contributed by atoms with Crippen molar-refractivity contribution in [1.82, 2.24) is 10.3 Å². The summed E-state index contributed by atoms with van der Waals surface area (Å²) in [4.78, 5) is 17.0. The Morgan fingerprint density at radius 3 is 2.89 bits per heavy atom. The number of aryl methyl sites for hydroxylation is 1. The van der Waals surface area contributed by atoms with Crippen LogP contribution in [0.25, 0.3) is 0 Å². The molecule has 0 aliphatic heterocycles. The van der Waals surface area contributed by atoms with Crippen molar-refractivity contribution in [3.05, 3.63) is 34.8 Å². The monoisotopic (exact) mass is 293 g/mol. The van der Waals surface area contributed by atoms with Gasteiger partial charge in [-0.2, -0.15) is 0 Å². The van der Waals surface area contributed by atoms with E-state index in [1.807, 2.05) is 25.3 Å². The standard InChI is InChI=1S/C13H15N3OS2/c1-3-15-12(17)9-4-5-11(10(14)6-9)19-13-16-8(2)7-18-13/h4-7H,3,14H2,1-2H3,(H,15,17). The summed E-state index contributed by atoms with van der Waals surface area (Å²) in [5.74, 6) is -0.101. The summed E-state index contributed by atoms with van der Waals surface area (Å²) in [6.07, 6.45) is 0. The zero-order chi connectivity index (χ0) is 13.8. The second-order valence-corrected chi connectivity index (χ2v) is 6.12. The van der Waals surface area contributed by atoms with Crippen LogP contribution in [0.1, 0.15) is 23.0 Å². The Kier molecular flexibility index (Phi) is 4.44. The predicted molar refractivity (Wildman–Crippen MR) is 79.8 cm³/mol. The Morgan fingerprint density at radius 2 is 2.32 bits per heavy atom. The Labute approximate surface area is 120 Å². The molecule has 0 fully saturated rings. The van der Waals surface area contributed by atoms with Crippen molar-refractivity contribution in [2.24, 2.45) is 0 Å². The fraction of sp³-hybridized carbons (Fsp3) is 0.231. The van der Waals surface area contributed by atoms with Gasteiger partial charge in [-0.3, -0.25) is 4.79 Å². The molecule has 2 rings (SSSR count). The van der Waals surface area contributed by atoms with E-state index in [1.54, 1.807) is 23.5 Å². The molecular formula is C13H15N3OS2. The third kappa shape index (κ3) is 3.48. The van der Waals surface area contributed by atoms with Gasteiger partial charge in [0.05, 0.1) is 0 Å². The molecule has 0 aliphatic carbocycles. The molecule has 0 unspecified atom stereocenters. The van der Waals surface area contributed by atoms with Gasteiger partial charge in [0.15, 0.2) is 4.34 Å². The van der Waals surface area contributed by atoms with Gasteiger partial charge in [0.1, 0.15) is 0 Å². The number of carbonyl (C=O) groups excluding carboxylic acids is 1. The molecule has 1 amide bonds. The molecule has 1 aromatic carbocycles. The van der Waals surface area contributed by atoms with Gasteiger partial charge in [-0.15, -0.1) is 11.3 Å². The lowest BCUT2D eigenvalue weighted by Gasteiger charge is -2.06. The maximum atomic E-state index is 11.7. The van der Waals surface area contributed by atoms with E-state index in [9.17, 15) is 4.79 Å². The molecule has 2 aromatic rings. The third-order valence-corrected chi connectivity index (χ3v) is 4.55. The second kappa shape index (κ2) is 6.08. The summed E-state index contributed by atoms with van der Waals surface area (Å²) in [5, 5.41) is 4.75. The Hall–Kier alpha value is -1.53. The van der Waals surface area contributed by atoms with Crippen molar-refractivity contribution in [2.45, 2.75) is 23.1 Å². The molecule has 4 nitrogen and oxygen atoms in total. The maximum Gasteiger partial charge on any atom is 0.251 e. The van der Waals surface area contributed by atoms with Crippen molar-refractivity contribution >= 4 is 34.7 Å². The first-order chi connectivity index (χ1) is 9.10. The summed E-state index contributed by atoms with van der Waals surface area (Å²) < 4.78 is 0.954. The topological polar surface area (TPSA) is 68.0 Å². The Balaban J connectivity index is 2.17. The number of nitrogens with one attached hydrogen (secondary N) is 1. The van der Waals surface area contributed by atoms with Crippen LogP contribution in [0.15, 0.2) is 32.8 Å². The summed E-state index contributed by atoms with van der Waals surface area (Å²) in [5.41, 5.74) is 8.17. The van der Waals surface area contributed by atoms with Gasteiger partial charge in [-0.25, -0.2) is 4.98 Å². The molecule has 0 bridgehead atoms. The van der Waals surface area contributed by atoms with E-state index in [0.29, 0.717) is 17.8 Å². The molecule has 3 N–H and O–H groups in total. The summed E-state index contributed by atoms with van der Waals surface area (Å²) in [6.45, 7) is 4.45. The number of hydrogen-bond donors (Lipinski definition) is 2. The van der Waals surface area contributed by atoms with Gasteiger partial charge < -0.3 is 11.1 Å². The zero-order valence-corrected chi connectivity index (χ0v) is 12.4. The van der Waals surface area contributed by atoms with Crippen LogP contribution in [0.5, 0.6) is 0 Å². The lowest BCUT2D eigenvalue weighted by Crippen LogP contribution is -2.22. The van der Waals surface area contributed by atoms with E-state index < -0.39 is 0 Å². The molecular weight excluding hydrogens is 278 g/mol. The molecule has 0 atom stereocenters. The number of nitrogens with two attached hydrogens (primary N) is 1. The molecule has 0 saturated heterocycles. The van der Waals surface area contributed by atoms with Crippen LogP contribution >= 0.6 is 23.1 Å². The molecule has 6 heteroatoms. The predicted octanol–water partition coefficient (Wildman–Crippen LogP) is 2.93. The number of amides is 1. The molecule has 19 heavy (non-hydrogen) atoms. The minimum Gasteiger partial charge on any atom is -0.398 e. The van der Waals surface area contributed by atoms with Crippen molar-refractivity contribution < 1.29 is 4.79 Å². The van der Waals surface area contributed by atoms with Crippen molar-refractivity contribution in [3.8, 4) is 0 Å². The van der Waals surface area contributed by atoms with E-state index in [1.165, 1.54) is 11.8 Å². The third-order valence-electron chi connectivity index (χ3n) is 2.40. The molecule has 0 aliphatic rings. The average Bonchev–Trinajstić information content (AvgIpc) is 2.78. The lowest BCUT2D eigenvalue weighted by molar-refractivity contribution is 0.0956. The van der Waals surface area contributed by atoms with Crippen LogP contribution < -0.4 is 11.1 Å². The molecule has 1 aromatic heterocycles. The fourth-order valence-corrected chi connectivity index (χ4v) is 3.34. The van der Waals surface area contributed by atoms with Crippen molar-refractivity contribution in [1.29, 1.82) is 0 Å². The smallest absolute Gasteiger partial charge is 0.251 e. The van der Waals surface area contributed by atoms with E-state index in [2.05, 4.69) is 10.3 Å². The first-order valence-electron chi connectivity index (χ1n) is 5.88. The van der Waals surface area contributed by atoms with Gasteiger partial charge in [-0.1, -0.05) is 11.8 Å². The lowest BCUT2D eigenvalue weighted by atomic mass is 10.2. The molecule has 0 radical (unpaired) electrons. The van der Waals surface area contributed by atoms with Crippen LogP contribution in [0.4, 0.5) is 5.69 Å². The number of rotatable bonds is 4. The van der Waals surface area contributed by atoms with Crippen LogP contribution in [0.3, 0.4) is 0 Å². The van der Waals surface area contributed by atoms with Gasteiger partial charge in [0, 0.05) is 33.8 Å². The Morgan fingerprint density at radius 1 is 1.53 bits per heavy atom. The van der Waals surface area contributed by atoms with Gasteiger partial charge in [0.25, 0.3) is 5.91 Å². The van der Waals surface area contributed by atoms with Crippen LogP contribution in [-0.4, -0.2) is 17.4 Å². The van der Waals surface area contributed by atoms with E-state index in [-0.39, 0.29) is 5.91 Å². The number of thiazole rings is 1. The summed E-state index contributed by atoms with van der Waals surface area (Å²) in [7, 11) is 0. The zero-order valence-electron chi connectivity index (χ0n) is 10.8. The van der Waals surface area contributed by atoms with Gasteiger partial charge >= 0.3 is 0 Å². The molecule has 100 valence electrons. The highest BCUT2D eigenvalue weighted by molar-refractivity contribution is 8.01. The second-order valence-electron chi connectivity index (χ2n) is 3.97. The SMILES string of the molecule is CCNC(=O)c1ccc(Sc2nc(C)cs2)c(N)c1. The highest BCUT2D eigenvalue weighted by atomic mass is 32.2. The average molecular weight is 293 g/mol. The molecule has 1 heterocycles. The number of anilines is 1. The highest BCUT2D eigenvalue weighted by Crippen LogP contribution is 2.34. The number of hydrogen-bond acceptors (Lipinski definition) is 5. The number of nitrogens with zero attached hydrogens (tertiary/aromatic N) is 1. The normalized spacial score (nSPS) is 10.4. The van der Waals surface area contributed by atoms with Gasteiger partial charge in [0.2, 0.25) is 0 Å². The number of carbonyl (C=O) groups is 1. The molecule has 0 saturated carbocycles. The first kappa shape index (κ1) is 13.9. The highest BCUT2D eigenvalue weighted by Gasteiger charge is 2.09. The quantitative estimate of drug-likeness (QED) is 0.851. The summed E-state index contributed by atoms with van der Waals surface area (Å²) >= 11 is 3.11. The fourth-order valence-electron chi connectivity index (χ4n) is 1.52. The Bertz CT molecular complexity index is 595. The first-order valence-corrected chi connectivity index (χ1v) is 7.57. The minimum atomic E-state index is -0.101. The van der Waals surface area contributed by atoms with E-state index in [4.69, 9.17) is 5.73 Å². The van der Waals surface area contributed by atoms with Crippen LogP contribution in [0.2, 0.25) is 0 Å². The number of aromatic nitrogens is 1. The van der Waals surface area contributed by atoms with Crippen LogP contribution in [0, 0.1) is 6.92 Å². The van der Waals surface area contributed by atoms with Gasteiger partial charge in [-0.05, 0) is 32.0 Å². The maximum absolute atomic E-state index is 11.7. The number of nitrogen functional groups attached to an aromatic ring is 1. The number of benzene rings is 1. The minimum absolute atomic E-state index is 0.101. The van der Waals surface area contributed by atoms with E-state index >= 15 is 0 Å². The summed E-state index contributed by atoms with van der Waals surface area (Å²) in [6, 6.07) is 5.35. The van der Waals surface area contributed by atoms with E-state index in [0.717, 1.165) is 14.9 Å². The molecule has 0 spiro atoms. The largest absolute Gasteiger partial charge is 0.398 e. The van der Waals surface area contributed by atoms with Crippen molar-refractivity contribution in [3.63, 3.8) is 0 Å².